The van der Waals surface area contributed by atoms with E-state index in [0.717, 1.165) is 12.5 Å². The molecule has 1 N–H and O–H groups in total. The molecule has 1 aliphatic rings. The van der Waals surface area contributed by atoms with Gasteiger partial charge in [0.05, 0.1) is 0 Å². The number of hydrogen-bond acceptors (Lipinski definition) is 3. The third-order valence-electron chi connectivity index (χ3n) is 5.38. The molecule has 0 bridgehead atoms. The van der Waals surface area contributed by atoms with E-state index in [4.69, 9.17) is 0 Å². The molecular formula is C16H34N2S. The van der Waals surface area contributed by atoms with Crippen LogP contribution >= 0.6 is 11.8 Å². The molecule has 19 heavy (non-hydrogen) atoms. The second-order valence-corrected chi connectivity index (χ2v) is 7.39. The molecule has 0 amide bonds. The van der Waals surface area contributed by atoms with Gasteiger partial charge in [0.15, 0.2) is 0 Å². The van der Waals surface area contributed by atoms with E-state index in [1.54, 1.807) is 0 Å². The van der Waals surface area contributed by atoms with Crippen LogP contribution in [0.4, 0.5) is 0 Å². The van der Waals surface area contributed by atoms with E-state index in [-0.39, 0.29) is 0 Å². The summed E-state index contributed by atoms with van der Waals surface area (Å²) in [5.41, 5.74) is 0. The molecule has 0 saturated carbocycles. The Morgan fingerprint density at radius 2 is 1.84 bits per heavy atom. The molecule has 1 saturated heterocycles. The van der Waals surface area contributed by atoms with Gasteiger partial charge in [-0.15, -0.1) is 0 Å². The Kier molecular flexibility index (Phi) is 7.20. The van der Waals surface area contributed by atoms with Crippen molar-refractivity contribution in [3.05, 3.63) is 0 Å². The zero-order chi connectivity index (χ0) is 14.5. The Hall–Kier alpha value is 0.270. The highest BCUT2D eigenvalue weighted by Gasteiger charge is 2.36. The van der Waals surface area contributed by atoms with Gasteiger partial charge in [0.25, 0.3) is 0 Å². The predicted octanol–water partition coefficient (Wildman–Crippen LogP) is 3.62. The smallest absolute Gasteiger partial charge is 0.0279 e. The predicted molar refractivity (Wildman–Crippen MR) is 89.1 cm³/mol. The molecular weight excluding hydrogens is 252 g/mol. The van der Waals surface area contributed by atoms with Gasteiger partial charge >= 0.3 is 0 Å². The van der Waals surface area contributed by atoms with Crippen LogP contribution in [-0.2, 0) is 0 Å². The van der Waals surface area contributed by atoms with Crippen LogP contribution < -0.4 is 5.32 Å². The van der Waals surface area contributed by atoms with Crippen molar-refractivity contribution in [3.63, 3.8) is 0 Å². The van der Waals surface area contributed by atoms with Gasteiger partial charge in [-0.25, -0.2) is 0 Å². The standard InChI is InChI=1S/C16H34N2S/c1-7-16(8-2,19-6)12-18-11-10-15(17-9-3)13(4)14(18)5/h13-15,17H,7-12H2,1-6H3. The molecule has 2 nitrogen and oxygen atoms in total. The highest BCUT2D eigenvalue weighted by atomic mass is 32.2. The van der Waals surface area contributed by atoms with Gasteiger partial charge in [0.2, 0.25) is 0 Å². The lowest BCUT2D eigenvalue weighted by Gasteiger charge is -2.46. The lowest BCUT2D eigenvalue weighted by atomic mass is 9.86. The first kappa shape index (κ1) is 17.3. The summed E-state index contributed by atoms with van der Waals surface area (Å²) in [6.07, 6.45) is 6.14. The average molecular weight is 287 g/mol. The van der Waals surface area contributed by atoms with Gasteiger partial charge in [-0.3, -0.25) is 4.90 Å². The van der Waals surface area contributed by atoms with E-state index in [1.165, 1.54) is 32.4 Å². The molecule has 0 aromatic heterocycles. The van der Waals surface area contributed by atoms with Gasteiger partial charge in [-0.1, -0.05) is 27.7 Å². The van der Waals surface area contributed by atoms with Crippen LogP contribution in [0.2, 0.25) is 0 Å². The fraction of sp³-hybridized carbons (Fsp3) is 1.00. The summed E-state index contributed by atoms with van der Waals surface area (Å²) >= 11 is 2.07. The first-order valence-corrected chi connectivity index (χ1v) is 9.28. The minimum Gasteiger partial charge on any atom is -0.314 e. The minimum absolute atomic E-state index is 0.457. The molecule has 0 spiro atoms. The number of nitrogens with zero attached hydrogens (tertiary/aromatic N) is 1. The molecule has 0 aromatic rings. The summed E-state index contributed by atoms with van der Waals surface area (Å²) in [6.45, 7) is 15.4. The Morgan fingerprint density at radius 1 is 1.21 bits per heavy atom. The van der Waals surface area contributed by atoms with Crippen LogP contribution in [0.5, 0.6) is 0 Å². The third kappa shape index (κ3) is 4.12. The molecule has 1 aliphatic heterocycles. The fourth-order valence-corrected chi connectivity index (χ4v) is 4.28. The van der Waals surface area contributed by atoms with Crippen LogP contribution in [0.3, 0.4) is 0 Å². The zero-order valence-electron chi connectivity index (χ0n) is 13.8. The Bertz CT molecular complexity index is 245. The molecule has 3 atom stereocenters. The quantitative estimate of drug-likeness (QED) is 0.769. The van der Waals surface area contributed by atoms with Gasteiger partial charge in [-0.05, 0) is 51.4 Å². The summed E-state index contributed by atoms with van der Waals surface area (Å²) in [5, 5.41) is 3.66. The maximum Gasteiger partial charge on any atom is 0.0279 e. The minimum atomic E-state index is 0.457. The Labute approximate surface area is 125 Å². The van der Waals surface area contributed by atoms with Crippen LogP contribution in [0, 0.1) is 5.92 Å². The lowest BCUT2D eigenvalue weighted by molar-refractivity contribution is 0.0750. The number of hydrogen-bond donors (Lipinski definition) is 1. The van der Waals surface area contributed by atoms with Crippen molar-refractivity contribution in [2.75, 3.05) is 25.9 Å². The van der Waals surface area contributed by atoms with Crippen LogP contribution in [-0.4, -0.2) is 47.6 Å². The van der Waals surface area contributed by atoms with E-state index >= 15 is 0 Å². The summed E-state index contributed by atoms with van der Waals surface area (Å²) in [6, 6.07) is 1.41. The molecule has 1 heterocycles. The average Bonchev–Trinajstić information content (AvgIpc) is 2.44. The maximum absolute atomic E-state index is 3.66. The highest BCUT2D eigenvalue weighted by Crippen LogP contribution is 2.34. The lowest BCUT2D eigenvalue weighted by Crippen LogP contribution is -2.56. The first-order valence-electron chi connectivity index (χ1n) is 8.06. The van der Waals surface area contributed by atoms with E-state index in [9.17, 15) is 0 Å². The number of thioether (sulfide) groups is 1. The molecule has 0 aliphatic carbocycles. The van der Waals surface area contributed by atoms with Crippen LogP contribution in [0.1, 0.15) is 53.9 Å². The zero-order valence-corrected chi connectivity index (χ0v) is 14.6. The third-order valence-corrected chi connectivity index (χ3v) is 6.95. The van der Waals surface area contributed by atoms with E-state index in [1.807, 2.05) is 0 Å². The number of likely N-dealkylation sites (tertiary alicyclic amines) is 1. The van der Waals surface area contributed by atoms with E-state index in [0.29, 0.717) is 16.8 Å². The largest absolute Gasteiger partial charge is 0.314 e. The van der Waals surface area contributed by atoms with Crippen molar-refractivity contribution in [1.82, 2.24) is 10.2 Å². The summed E-state index contributed by atoms with van der Waals surface area (Å²) in [4.78, 5) is 2.74. The van der Waals surface area contributed by atoms with Crippen molar-refractivity contribution < 1.29 is 0 Å². The second-order valence-electron chi connectivity index (χ2n) is 6.12. The van der Waals surface area contributed by atoms with Crippen LogP contribution in [0.15, 0.2) is 0 Å². The summed E-state index contributed by atoms with van der Waals surface area (Å²) < 4.78 is 0.457. The van der Waals surface area contributed by atoms with Crippen molar-refractivity contribution in [1.29, 1.82) is 0 Å². The summed E-state index contributed by atoms with van der Waals surface area (Å²) in [5.74, 6) is 0.752. The highest BCUT2D eigenvalue weighted by molar-refractivity contribution is 8.00. The number of rotatable bonds is 7. The van der Waals surface area contributed by atoms with Crippen molar-refractivity contribution in [2.45, 2.75) is 70.7 Å². The Morgan fingerprint density at radius 3 is 2.32 bits per heavy atom. The topological polar surface area (TPSA) is 15.3 Å². The van der Waals surface area contributed by atoms with Gasteiger partial charge < -0.3 is 5.32 Å². The van der Waals surface area contributed by atoms with Gasteiger partial charge in [0.1, 0.15) is 0 Å². The SMILES string of the molecule is CCNC1CCN(CC(CC)(CC)SC)C(C)C1C. The second kappa shape index (κ2) is 7.90. The monoisotopic (exact) mass is 286 g/mol. The summed E-state index contributed by atoms with van der Waals surface area (Å²) in [7, 11) is 0. The van der Waals surface area contributed by atoms with Crippen molar-refractivity contribution in [3.8, 4) is 0 Å². The van der Waals surface area contributed by atoms with Crippen molar-refractivity contribution >= 4 is 11.8 Å². The van der Waals surface area contributed by atoms with Gasteiger partial charge in [0, 0.05) is 23.4 Å². The molecule has 1 fully saturated rings. The molecule has 3 heteroatoms. The number of nitrogens with one attached hydrogen (secondary N) is 1. The molecule has 0 aromatic carbocycles. The van der Waals surface area contributed by atoms with E-state index in [2.05, 4.69) is 62.9 Å². The Balaban J connectivity index is 2.66. The van der Waals surface area contributed by atoms with Crippen LogP contribution in [0.25, 0.3) is 0 Å². The molecule has 114 valence electrons. The van der Waals surface area contributed by atoms with Gasteiger partial charge in [-0.2, -0.15) is 11.8 Å². The maximum atomic E-state index is 3.66. The fourth-order valence-electron chi connectivity index (χ4n) is 3.41. The normalized spacial score (nSPS) is 29.7. The van der Waals surface area contributed by atoms with Crippen molar-refractivity contribution in [2.24, 2.45) is 5.92 Å². The molecule has 3 unspecified atom stereocenters. The first-order chi connectivity index (χ1) is 9.03. The molecule has 0 radical (unpaired) electrons. The molecule has 1 rings (SSSR count). The van der Waals surface area contributed by atoms with E-state index < -0.39 is 0 Å². The number of piperidine rings is 1.